The van der Waals surface area contributed by atoms with E-state index in [1.807, 2.05) is 4.90 Å². The third-order valence-corrected chi connectivity index (χ3v) is 8.79. The van der Waals surface area contributed by atoms with Gasteiger partial charge in [0.25, 0.3) is 5.91 Å². The van der Waals surface area contributed by atoms with Gasteiger partial charge in [-0.05, 0) is 74.3 Å². The SMILES string of the molecule is CC1CCC(NC(=O)CC2CCN(c3ccc(S(C)(=O)=O)cn3)CC2NC(=O)c2cccc(Cl)c2)CC1. The number of aromatic nitrogens is 1. The summed E-state index contributed by atoms with van der Waals surface area (Å²) in [5, 5.41) is 6.81. The highest BCUT2D eigenvalue weighted by atomic mass is 35.5. The second-order valence-electron chi connectivity index (χ2n) is 10.4. The molecule has 2 aliphatic rings. The molecule has 0 spiro atoms. The normalized spacial score (nSPS) is 24.4. The monoisotopic (exact) mass is 546 g/mol. The molecule has 8 nitrogen and oxygen atoms in total. The molecule has 2 heterocycles. The number of anilines is 1. The molecule has 1 saturated heterocycles. The van der Waals surface area contributed by atoms with Crippen molar-refractivity contribution in [3.8, 4) is 0 Å². The Morgan fingerprint density at radius 2 is 1.84 bits per heavy atom. The summed E-state index contributed by atoms with van der Waals surface area (Å²) in [5.74, 6) is 1.08. The van der Waals surface area contributed by atoms with Crippen LogP contribution >= 0.6 is 11.6 Å². The molecule has 200 valence electrons. The Labute approximate surface area is 224 Å². The van der Waals surface area contributed by atoms with E-state index in [9.17, 15) is 18.0 Å². The van der Waals surface area contributed by atoms with Gasteiger partial charge < -0.3 is 15.5 Å². The van der Waals surface area contributed by atoms with Crippen LogP contribution in [-0.2, 0) is 14.6 Å². The zero-order valence-corrected chi connectivity index (χ0v) is 22.9. The molecule has 10 heteroatoms. The summed E-state index contributed by atoms with van der Waals surface area (Å²) in [4.78, 5) is 32.6. The summed E-state index contributed by atoms with van der Waals surface area (Å²) < 4.78 is 23.6. The first kappa shape index (κ1) is 27.4. The maximum atomic E-state index is 13.1. The Balaban J connectivity index is 1.47. The van der Waals surface area contributed by atoms with E-state index in [0.717, 1.165) is 31.9 Å². The molecular weight excluding hydrogens is 512 g/mol. The number of carbonyl (C=O) groups excluding carboxylic acids is 2. The van der Waals surface area contributed by atoms with Crippen molar-refractivity contribution in [1.82, 2.24) is 15.6 Å². The maximum absolute atomic E-state index is 13.1. The van der Waals surface area contributed by atoms with E-state index in [2.05, 4.69) is 22.5 Å². The van der Waals surface area contributed by atoms with Crippen molar-refractivity contribution < 1.29 is 18.0 Å². The molecule has 1 aromatic carbocycles. The standard InChI is InChI=1S/C27H35ClN4O4S/c1-18-6-8-22(9-7-18)30-26(33)15-19-12-13-32(25-11-10-23(16-29-25)37(2,35)36)17-24(19)31-27(34)20-4-3-5-21(28)14-20/h3-5,10-11,14,16,18-19,22,24H,6-9,12-13,15,17H2,1-2H3,(H,30,33)(H,31,34). The number of sulfone groups is 1. The number of rotatable bonds is 7. The van der Waals surface area contributed by atoms with Crippen molar-refractivity contribution in [2.24, 2.45) is 11.8 Å². The minimum Gasteiger partial charge on any atom is -0.355 e. The van der Waals surface area contributed by atoms with Crippen molar-refractivity contribution >= 4 is 39.1 Å². The molecule has 2 atom stereocenters. The van der Waals surface area contributed by atoms with Gasteiger partial charge in [-0.3, -0.25) is 9.59 Å². The number of halogens is 1. The van der Waals surface area contributed by atoms with E-state index in [4.69, 9.17) is 11.6 Å². The van der Waals surface area contributed by atoms with Crippen molar-refractivity contribution in [3.63, 3.8) is 0 Å². The first-order valence-corrected chi connectivity index (χ1v) is 15.1. The Morgan fingerprint density at radius 3 is 2.49 bits per heavy atom. The fraction of sp³-hybridized carbons (Fsp3) is 0.519. The number of amides is 2. The fourth-order valence-electron chi connectivity index (χ4n) is 5.21. The average molecular weight is 547 g/mol. The lowest BCUT2D eigenvalue weighted by Crippen LogP contribution is -2.54. The highest BCUT2D eigenvalue weighted by Gasteiger charge is 2.33. The smallest absolute Gasteiger partial charge is 0.251 e. The Bertz CT molecular complexity index is 1210. The Kier molecular flexibility index (Phi) is 8.75. The lowest BCUT2D eigenvalue weighted by atomic mass is 9.86. The second kappa shape index (κ2) is 11.8. The van der Waals surface area contributed by atoms with Gasteiger partial charge in [0.15, 0.2) is 9.84 Å². The first-order valence-electron chi connectivity index (χ1n) is 12.9. The Morgan fingerprint density at radius 1 is 1.08 bits per heavy atom. The van der Waals surface area contributed by atoms with Crippen LogP contribution in [0.4, 0.5) is 5.82 Å². The predicted molar refractivity (Wildman–Crippen MR) is 145 cm³/mol. The number of nitrogens with one attached hydrogen (secondary N) is 2. The number of benzene rings is 1. The molecule has 2 unspecified atom stereocenters. The predicted octanol–water partition coefficient (Wildman–Crippen LogP) is 3.85. The van der Waals surface area contributed by atoms with Crippen LogP contribution in [0.3, 0.4) is 0 Å². The van der Waals surface area contributed by atoms with Crippen LogP contribution in [0.1, 0.15) is 55.8 Å². The molecular formula is C27H35ClN4O4S. The van der Waals surface area contributed by atoms with Gasteiger partial charge in [0.2, 0.25) is 5.91 Å². The van der Waals surface area contributed by atoms with Crippen LogP contribution in [0.15, 0.2) is 47.5 Å². The van der Waals surface area contributed by atoms with Gasteiger partial charge in [0.1, 0.15) is 5.82 Å². The summed E-state index contributed by atoms with van der Waals surface area (Å²) in [6.07, 6.45) is 7.81. The second-order valence-corrected chi connectivity index (χ2v) is 12.9. The maximum Gasteiger partial charge on any atom is 0.251 e. The molecule has 4 rings (SSSR count). The number of nitrogens with zero attached hydrogens (tertiary/aromatic N) is 2. The van der Waals surface area contributed by atoms with Gasteiger partial charge in [-0.1, -0.05) is 24.6 Å². The van der Waals surface area contributed by atoms with Gasteiger partial charge in [-0.25, -0.2) is 13.4 Å². The summed E-state index contributed by atoms with van der Waals surface area (Å²) >= 11 is 6.09. The quantitative estimate of drug-likeness (QED) is 0.546. The van der Waals surface area contributed by atoms with Gasteiger partial charge in [-0.2, -0.15) is 0 Å². The summed E-state index contributed by atoms with van der Waals surface area (Å²) in [6, 6.07) is 9.92. The van der Waals surface area contributed by atoms with Crippen molar-refractivity contribution in [2.75, 3.05) is 24.2 Å². The number of hydrogen-bond donors (Lipinski definition) is 2. The van der Waals surface area contributed by atoms with E-state index in [1.54, 1.807) is 36.4 Å². The number of hydrogen-bond acceptors (Lipinski definition) is 6. The van der Waals surface area contributed by atoms with Crippen LogP contribution < -0.4 is 15.5 Å². The van der Waals surface area contributed by atoms with E-state index in [-0.39, 0.29) is 34.7 Å². The van der Waals surface area contributed by atoms with E-state index in [0.29, 0.717) is 48.3 Å². The van der Waals surface area contributed by atoms with Crippen LogP contribution in [0.2, 0.25) is 5.02 Å². The van der Waals surface area contributed by atoms with Crippen LogP contribution in [0.5, 0.6) is 0 Å². The van der Waals surface area contributed by atoms with Crippen molar-refractivity contribution in [1.29, 1.82) is 0 Å². The minimum atomic E-state index is -3.34. The lowest BCUT2D eigenvalue weighted by molar-refractivity contribution is -0.123. The molecule has 2 N–H and O–H groups in total. The lowest BCUT2D eigenvalue weighted by Gasteiger charge is -2.39. The van der Waals surface area contributed by atoms with Gasteiger partial charge in [0.05, 0.1) is 10.9 Å². The molecule has 2 fully saturated rings. The number of pyridine rings is 1. The average Bonchev–Trinajstić information content (AvgIpc) is 2.86. The fourth-order valence-corrected chi connectivity index (χ4v) is 5.96. The molecule has 0 radical (unpaired) electrons. The summed E-state index contributed by atoms with van der Waals surface area (Å²) in [6.45, 7) is 3.35. The summed E-state index contributed by atoms with van der Waals surface area (Å²) in [5.41, 5.74) is 0.458. The van der Waals surface area contributed by atoms with Crippen LogP contribution in [0, 0.1) is 11.8 Å². The topological polar surface area (TPSA) is 108 Å². The van der Waals surface area contributed by atoms with Crippen LogP contribution in [0.25, 0.3) is 0 Å². The summed E-state index contributed by atoms with van der Waals surface area (Å²) in [7, 11) is -3.34. The zero-order valence-electron chi connectivity index (χ0n) is 21.3. The molecule has 37 heavy (non-hydrogen) atoms. The van der Waals surface area contributed by atoms with Gasteiger partial charge in [-0.15, -0.1) is 0 Å². The third kappa shape index (κ3) is 7.45. The molecule has 1 saturated carbocycles. The molecule has 1 aliphatic carbocycles. The van der Waals surface area contributed by atoms with E-state index < -0.39 is 9.84 Å². The molecule has 2 amide bonds. The number of piperidine rings is 1. The van der Waals surface area contributed by atoms with Gasteiger partial charge >= 0.3 is 0 Å². The first-order chi connectivity index (χ1) is 17.6. The van der Waals surface area contributed by atoms with Crippen LogP contribution in [-0.4, -0.2) is 56.6 Å². The Hall–Kier alpha value is -2.65. The molecule has 2 aromatic rings. The largest absolute Gasteiger partial charge is 0.355 e. The highest BCUT2D eigenvalue weighted by Crippen LogP contribution is 2.27. The van der Waals surface area contributed by atoms with Crippen molar-refractivity contribution in [2.45, 2.75) is 62.4 Å². The van der Waals surface area contributed by atoms with Gasteiger partial charge in [0, 0.05) is 48.6 Å². The molecule has 1 aromatic heterocycles. The van der Waals surface area contributed by atoms with E-state index >= 15 is 0 Å². The zero-order chi connectivity index (χ0) is 26.6. The van der Waals surface area contributed by atoms with Crippen molar-refractivity contribution in [3.05, 3.63) is 53.2 Å². The molecule has 0 bridgehead atoms. The minimum absolute atomic E-state index is 0.0237. The molecule has 1 aliphatic heterocycles. The number of carbonyl (C=O) groups is 2. The highest BCUT2D eigenvalue weighted by molar-refractivity contribution is 7.90. The third-order valence-electron chi connectivity index (χ3n) is 7.46. The van der Waals surface area contributed by atoms with E-state index in [1.165, 1.54) is 6.20 Å².